The van der Waals surface area contributed by atoms with Gasteiger partial charge >= 0.3 is 0 Å². The summed E-state index contributed by atoms with van der Waals surface area (Å²) in [6.07, 6.45) is 9.19. The molecule has 0 bridgehead atoms. The van der Waals surface area contributed by atoms with Gasteiger partial charge in [0.15, 0.2) is 0 Å². The highest BCUT2D eigenvalue weighted by atomic mass is 16.2. The molecule has 3 nitrogen and oxygen atoms in total. The molecule has 122 valence electrons. The molecule has 2 rings (SSSR count). The van der Waals surface area contributed by atoms with E-state index in [1.54, 1.807) is 0 Å². The molecule has 2 aliphatic rings. The largest absolute Gasteiger partial charge is 0.340 e. The fraction of sp³-hybridized carbons (Fsp3) is 0.944. The fourth-order valence-electron chi connectivity index (χ4n) is 3.86. The first-order valence-corrected chi connectivity index (χ1v) is 8.95. The minimum Gasteiger partial charge on any atom is -0.340 e. The van der Waals surface area contributed by atoms with Gasteiger partial charge in [0.05, 0.1) is 0 Å². The van der Waals surface area contributed by atoms with Crippen molar-refractivity contribution in [2.75, 3.05) is 13.1 Å². The molecule has 0 aromatic carbocycles. The lowest BCUT2D eigenvalue weighted by molar-refractivity contribution is -0.142. The quantitative estimate of drug-likeness (QED) is 0.863. The molecule has 1 amide bonds. The first-order chi connectivity index (χ1) is 9.90. The van der Waals surface area contributed by atoms with Crippen LogP contribution in [-0.4, -0.2) is 36.0 Å². The molecule has 1 saturated carbocycles. The van der Waals surface area contributed by atoms with Crippen molar-refractivity contribution < 1.29 is 4.79 Å². The number of piperidine rings is 1. The molecule has 0 aromatic rings. The Labute approximate surface area is 130 Å². The van der Waals surface area contributed by atoms with Gasteiger partial charge in [-0.15, -0.1) is 0 Å². The molecule has 2 unspecified atom stereocenters. The highest BCUT2D eigenvalue weighted by Crippen LogP contribution is 2.26. The standard InChI is InChI=1S/C18H34N2O/c1-5-14-11-16(19-15-9-7-6-8-10-15)13-20(12-14)17(21)18(2,3)4/h14-16,19H,5-13H2,1-4H3. The number of amides is 1. The first-order valence-electron chi connectivity index (χ1n) is 8.95. The van der Waals surface area contributed by atoms with Crippen LogP contribution >= 0.6 is 0 Å². The minimum absolute atomic E-state index is 0.259. The van der Waals surface area contributed by atoms with Crippen molar-refractivity contribution in [2.24, 2.45) is 11.3 Å². The van der Waals surface area contributed by atoms with Crippen molar-refractivity contribution in [3.05, 3.63) is 0 Å². The van der Waals surface area contributed by atoms with Crippen LogP contribution in [-0.2, 0) is 4.79 Å². The number of carbonyl (C=O) groups is 1. The van der Waals surface area contributed by atoms with Crippen molar-refractivity contribution in [1.29, 1.82) is 0 Å². The van der Waals surface area contributed by atoms with Crippen LogP contribution in [0.4, 0.5) is 0 Å². The lowest BCUT2D eigenvalue weighted by Crippen LogP contribution is -2.55. The lowest BCUT2D eigenvalue weighted by atomic mass is 9.87. The zero-order valence-electron chi connectivity index (χ0n) is 14.5. The molecule has 0 spiro atoms. The Bertz CT molecular complexity index is 342. The van der Waals surface area contributed by atoms with E-state index in [0.29, 0.717) is 23.9 Å². The average molecular weight is 294 g/mol. The molecule has 1 heterocycles. The number of hydrogen-bond donors (Lipinski definition) is 1. The Morgan fingerprint density at radius 1 is 1.10 bits per heavy atom. The summed E-state index contributed by atoms with van der Waals surface area (Å²) in [5.41, 5.74) is -0.259. The Balaban J connectivity index is 1.96. The second-order valence-corrected chi connectivity index (χ2v) is 8.17. The lowest BCUT2D eigenvalue weighted by Gasteiger charge is -2.42. The predicted molar refractivity (Wildman–Crippen MR) is 88.2 cm³/mol. The molecule has 0 aromatic heterocycles. The maximum absolute atomic E-state index is 12.6. The van der Waals surface area contributed by atoms with Crippen LogP contribution < -0.4 is 5.32 Å². The SMILES string of the molecule is CCC1CC(NC2CCCCC2)CN(C(=O)C(C)(C)C)C1. The normalized spacial score (nSPS) is 28.7. The average Bonchev–Trinajstić information content (AvgIpc) is 2.46. The number of nitrogens with zero attached hydrogens (tertiary/aromatic N) is 1. The predicted octanol–water partition coefficient (Wildman–Crippen LogP) is 3.58. The molecule has 0 radical (unpaired) electrons. The summed E-state index contributed by atoms with van der Waals surface area (Å²) in [6, 6.07) is 1.18. The summed E-state index contributed by atoms with van der Waals surface area (Å²) < 4.78 is 0. The van der Waals surface area contributed by atoms with E-state index in [-0.39, 0.29) is 5.41 Å². The third-order valence-corrected chi connectivity index (χ3v) is 5.12. The van der Waals surface area contributed by atoms with E-state index in [2.05, 4.69) is 17.1 Å². The zero-order chi connectivity index (χ0) is 15.5. The molecule has 1 aliphatic carbocycles. The van der Waals surface area contributed by atoms with E-state index >= 15 is 0 Å². The van der Waals surface area contributed by atoms with Gasteiger partial charge in [0.1, 0.15) is 0 Å². The second kappa shape index (κ2) is 7.13. The maximum Gasteiger partial charge on any atom is 0.228 e. The van der Waals surface area contributed by atoms with Crippen LogP contribution in [0.25, 0.3) is 0 Å². The minimum atomic E-state index is -0.259. The summed E-state index contributed by atoms with van der Waals surface area (Å²) >= 11 is 0. The van der Waals surface area contributed by atoms with E-state index in [1.165, 1.54) is 44.9 Å². The molecular formula is C18H34N2O. The van der Waals surface area contributed by atoms with Crippen LogP contribution in [0.15, 0.2) is 0 Å². The van der Waals surface area contributed by atoms with E-state index < -0.39 is 0 Å². The van der Waals surface area contributed by atoms with Crippen molar-refractivity contribution in [1.82, 2.24) is 10.2 Å². The molecule has 2 atom stereocenters. The molecule has 1 aliphatic heterocycles. The maximum atomic E-state index is 12.6. The number of nitrogens with one attached hydrogen (secondary N) is 1. The topological polar surface area (TPSA) is 32.3 Å². The van der Waals surface area contributed by atoms with Gasteiger partial charge in [0.25, 0.3) is 0 Å². The van der Waals surface area contributed by atoms with Crippen LogP contribution in [0.2, 0.25) is 0 Å². The smallest absolute Gasteiger partial charge is 0.228 e. The summed E-state index contributed by atoms with van der Waals surface area (Å²) in [4.78, 5) is 14.7. The summed E-state index contributed by atoms with van der Waals surface area (Å²) in [5.74, 6) is 0.974. The van der Waals surface area contributed by atoms with Gasteiger partial charge in [-0.05, 0) is 25.2 Å². The number of carbonyl (C=O) groups excluding carboxylic acids is 1. The Morgan fingerprint density at radius 3 is 2.33 bits per heavy atom. The third kappa shape index (κ3) is 4.70. The van der Waals surface area contributed by atoms with E-state index in [4.69, 9.17) is 0 Å². The van der Waals surface area contributed by atoms with Gasteiger partial charge < -0.3 is 10.2 Å². The van der Waals surface area contributed by atoms with Crippen molar-refractivity contribution in [3.8, 4) is 0 Å². The van der Waals surface area contributed by atoms with E-state index in [0.717, 1.165) is 13.1 Å². The molecule has 21 heavy (non-hydrogen) atoms. The van der Waals surface area contributed by atoms with Crippen LogP contribution in [0.3, 0.4) is 0 Å². The van der Waals surface area contributed by atoms with Gasteiger partial charge in [-0.25, -0.2) is 0 Å². The van der Waals surface area contributed by atoms with Gasteiger partial charge in [-0.1, -0.05) is 53.4 Å². The summed E-state index contributed by atoms with van der Waals surface area (Å²) in [6.45, 7) is 10.2. The first kappa shape index (κ1) is 16.8. The van der Waals surface area contributed by atoms with E-state index in [9.17, 15) is 4.79 Å². The zero-order valence-corrected chi connectivity index (χ0v) is 14.5. The third-order valence-electron chi connectivity index (χ3n) is 5.12. The number of hydrogen-bond acceptors (Lipinski definition) is 2. The molecular weight excluding hydrogens is 260 g/mol. The molecule has 3 heteroatoms. The summed E-state index contributed by atoms with van der Waals surface area (Å²) in [5, 5.41) is 3.86. The monoisotopic (exact) mass is 294 g/mol. The summed E-state index contributed by atoms with van der Waals surface area (Å²) in [7, 11) is 0. The molecule has 1 saturated heterocycles. The van der Waals surface area contributed by atoms with Gasteiger partial charge in [-0.2, -0.15) is 0 Å². The van der Waals surface area contributed by atoms with Crippen LogP contribution in [0, 0.1) is 11.3 Å². The fourth-order valence-corrected chi connectivity index (χ4v) is 3.86. The van der Waals surface area contributed by atoms with Crippen molar-refractivity contribution in [3.63, 3.8) is 0 Å². The van der Waals surface area contributed by atoms with Gasteiger partial charge in [-0.3, -0.25) is 4.79 Å². The van der Waals surface area contributed by atoms with Gasteiger partial charge in [0.2, 0.25) is 5.91 Å². The Hall–Kier alpha value is -0.570. The number of likely N-dealkylation sites (tertiary alicyclic amines) is 1. The van der Waals surface area contributed by atoms with E-state index in [1.807, 2.05) is 20.8 Å². The second-order valence-electron chi connectivity index (χ2n) is 8.17. The highest BCUT2D eigenvalue weighted by molar-refractivity contribution is 5.81. The number of rotatable bonds is 3. The van der Waals surface area contributed by atoms with Crippen LogP contribution in [0.1, 0.15) is 72.6 Å². The van der Waals surface area contributed by atoms with Crippen molar-refractivity contribution in [2.45, 2.75) is 84.7 Å². The molecule has 2 fully saturated rings. The van der Waals surface area contributed by atoms with Gasteiger partial charge in [0, 0.05) is 30.6 Å². The van der Waals surface area contributed by atoms with Crippen LogP contribution in [0.5, 0.6) is 0 Å². The Morgan fingerprint density at radius 2 is 1.76 bits per heavy atom. The molecule has 1 N–H and O–H groups in total. The highest BCUT2D eigenvalue weighted by Gasteiger charge is 2.34. The Kier molecular flexibility index (Phi) is 5.70. The van der Waals surface area contributed by atoms with Crippen molar-refractivity contribution >= 4 is 5.91 Å².